The highest BCUT2D eigenvalue weighted by Gasteiger charge is 2.50. The van der Waals surface area contributed by atoms with E-state index in [1.165, 1.54) is 0 Å². The Balaban J connectivity index is 2.64. The van der Waals surface area contributed by atoms with E-state index in [4.69, 9.17) is 0 Å². The molecule has 0 saturated heterocycles. The quantitative estimate of drug-likeness (QED) is 0.797. The van der Waals surface area contributed by atoms with Crippen LogP contribution in [0.5, 0.6) is 0 Å². The van der Waals surface area contributed by atoms with Crippen LogP contribution in [0.1, 0.15) is 41.5 Å². The standard InChI is InChI=1S/C16H25N4O/c1-11(2)14-15(12(3)4)20(10-18-14,13(5)6)16(21)19-8-7-17-9-19/h7-13H,1-6H3/q+1. The van der Waals surface area contributed by atoms with E-state index in [0.717, 1.165) is 11.4 Å². The second-order valence-corrected chi connectivity index (χ2v) is 6.45. The number of nitrogens with zero attached hydrogens (tertiary/aromatic N) is 4. The molecule has 1 atom stereocenters. The van der Waals surface area contributed by atoms with Crippen LogP contribution in [-0.2, 0) is 0 Å². The average molecular weight is 289 g/mol. The molecule has 1 aliphatic heterocycles. The average Bonchev–Trinajstić information content (AvgIpc) is 3.05. The molecule has 114 valence electrons. The van der Waals surface area contributed by atoms with Crippen molar-refractivity contribution >= 4 is 12.4 Å². The lowest BCUT2D eigenvalue weighted by Gasteiger charge is -2.35. The van der Waals surface area contributed by atoms with Crippen LogP contribution in [-0.4, -0.2) is 32.4 Å². The lowest BCUT2D eigenvalue weighted by molar-refractivity contribution is -0.737. The minimum absolute atomic E-state index is 0.0226. The summed E-state index contributed by atoms with van der Waals surface area (Å²) in [5, 5.41) is 0. The number of carbonyl (C=O) groups excluding carboxylic acids is 1. The van der Waals surface area contributed by atoms with Crippen LogP contribution in [0.2, 0.25) is 0 Å². The van der Waals surface area contributed by atoms with Gasteiger partial charge in [0, 0.05) is 24.2 Å². The molecule has 1 unspecified atom stereocenters. The number of carbonyl (C=O) groups is 1. The highest BCUT2D eigenvalue weighted by Crippen LogP contribution is 2.38. The van der Waals surface area contributed by atoms with Crippen LogP contribution in [0.4, 0.5) is 4.79 Å². The number of hydrogen-bond donors (Lipinski definition) is 0. The number of hydrogen-bond acceptors (Lipinski definition) is 3. The summed E-state index contributed by atoms with van der Waals surface area (Å²) in [5.74, 6) is 0.549. The van der Waals surface area contributed by atoms with Gasteiger partial charge in [-0.1, -0.05) is 27.7 Å². The zero-order valence-electron chi connectivity index (χ0n) is 13.7. The Labute approximate surface area is 126 Å². The fourth-order valence-corrected chi connectivity index (χ4v) is 2.99. The summed E-state index contributed by atoms with van der Waals surface area (Å²) in [4.78, 5) is 21.7. The largest absolute Gasteiger partial charge is 0.439 e. The van der Waals surface area contributed by atoms with Crippen molar-refractivity contribution in [1.29, 1.82) is 0 Å². The zero-order valence-corrected chi connectivity index (χ0v) is 13.7. The molecule has 0 aromatic carbocycles. The minimum Gasteiger partial charge on any atom is -0.245 e. The smallest absolute Gasteiger partial charge is 0.245 e. The van der Waals surface area contributed by atoms with Gasteiger partial charge in [0.2, 0.25) is 6.34 Å². The molecule has 1 aromatic rings. The Morgan fingerprint density at radius 3 is 2.24 bits per heavy atom. The molecule has 5 heteroatoms. The minimum atomic E-state index is -0.0226. The van der Waals surface area contributed by atoms with Gasteiger partial charge < -0.3 is 0 Å². The van der Waals surface area contributed by atoms with Gasteiger partial charge in [-0.3, -0.25) is 0 Å². The SMILES string of the molecule is CC(C)C1=C(C(C)C)[N+](C(=O)n2ccnc2)(C(C)C)C=N1. The Bertz CT molecular complexity index is 581. The molecule has 0 bridgehead atoms. The van der Waals surface area contributed by atoms with E-state index in [1.54, 1.807) is 29.6 Å². The molecule has 5 nitrogen and oxygen atoms in total. The summed E-state index contributed by atoms with van der Waals surface area (Å²) in [7, 11) is 0. The van der Waals surface area contributed by atoms with Gasteiger partial charge in [0.25, 0.3) is 0 Å². The second-order valence-electron chi connectivity index (χ2n) is 6.45. The number of quaternary nitrogens is 1. The van der Waals surface area contributed by atoms with Crippen LogP contribution < -0.4 is 0 Å². The maximum atomic E-state index is 13.1. The normalized spacial score (nSPS) is 22.1. The van der Waals surface area contributed by atoms with E-state index in [1.807, 2.05) is 0 Å². The molecular weight excluding hydrogens is 264 g/mol. The van der Waals surface area contributed by atoms with Gasteiger partial charge in [0.15, 0.2) is 0 Å². The summed E-state index contributed by atoms with van der Waals surface area (Å²) < 4.78 is 1.71. The number of imidazole rings is 1. The summed E-state index contributed by atoms with van der Waals surface area (Å²) in [6, 6.07) is 0.0582. The van der Waals surface area contributed by atoms with E-state index in [-0.39, 0.29) is 22.5 Å². The fraction of sp³-hybridized carbons (Fsp3) is 0.562. The molecule has 2 heterocycles. The molecule has 0 N–H and O–H groups in total. The topological polar surface area (TPSA) is 47.2 Å². The van der Waals surface area contributed by atoms with Crippen LogP contribution in [0.25, 0.3) is 0 Å². The van der Waals surface area contributed by atoms with Crippen LogP contribution in [0.3, 0.4) is 0 Å². The van der Waals surface area contributed by atoms with Crippen molar-refractivity contribution in [2.45, 2.75) is 47.6 Å². The van der Waals surface area contributed by atoms with Crippen LogP contribution in [0.15, 0.2) is 35.1 Å². The Kier molecular flexibility index (Phi) is 4.14. The predicted octanol–water partition coefficient (Wildman–Crippen LogP) is 3.64. The molecule has 0 fully saturated rings. The number of aliphatic imine (C=N–C) groups is 1. The highest BCUT2D eigenvalue weighted by molar-refractivity contribution is 5.81. The van der Waals surface area contributed by atoms with Crippen molar-refractivity contribution in [3.63, 3.8) is 0 Å². The van der Waals surface area contributed by atoms with Gasteiger partial charge in [-0.15, -0.1) is 0 Å². The summed E-state index contributed by atoms with van der Waals surface area (Å²) in [6.07, 6.45) is 6.69. The number of allylic oxidation sites excluding steroid dienone is 2. The molecule has 1 aliphatic rings. The number of aromatic nitrogens is 2. The Morgan fingerprint density at radius 2 is 1.81 bits per heavy atom. The first-order valence-electron chi connectivity index (χ1n) is 7.53. The monoisotopic (exact) mass is 289 g/mol. The third-order valence-electron chi connectivity index (χ3n) is 3.99. The first kappa shape index (κ1) is 15.6. The molecule has 0 spiro atoms. The highest BCUT2D eigenvalue weighted by atomic mass is 16.2. The van der Waals surface area contributed by atoms with E-state index in [9.17, 15) is 4.79 Å². The van der Waals surface area contributed by atoms with Gasteiger partial charge in [-0.25, -0.2) is 19.3 Å². The van der Waals surface area contributed by atoms with Gasteiger partial charge in [-0.2, -0.15) is 4.48 Å². The van der Waals surface area contributed by atoms with E-state index in [2.05, 4.69) is 51.5 Å². The lowest BCUT2D eigenvalue weighted by atomic mass is 9.99. The molecule has 1 aromatic heterocycles. The predicted molar refractivity (Wildman–Crippen MR) is 83.6 cm³/mol. The maximum Gasteiger partial charge on any atom is 0.439 e. The zero-order chi connectivity index (χ0) is 15.8. The van der Waals surface area contributed by atoms with E-state index in [0.29, 0.717) is 5.92 Å². The summed E-state index contributed by atoms with van der Waals surface area (Å²) in [6.45, 7) is 12.6. The van der Waals surface area contributed by atoms with Gasteiger partial charge in [0.05, 0.1) is 0 Å². The van der Waals surface area contributed by atoms with E-state index < -0.39 is 0 Å². The van der Waals surface area contributed by atoms with Crippen LogP contribution >= 0.6 is 0 Å². The van der Waals surface area contributed by atoms with Gasteiger partial charge >= 0.3 is 6.03 Å². The van der Waals surface area contributed by atoms with Crippen molar-refractivity contribution in [1.82, 2.24) is 9.55 Å². The molecule has 0 radical (unpaired) electrons. The lowest BCUT2D eigenvalue weighted by Crippen LogP contribution is -2.56. The van der Waals surface area contributed by atoms with Crippen molar-refractivity contribution in [2.75, 3.05) is 0 Å². The molecular formula is C16H25N4O+. The van der Waals surface area contributed by atoms with Crippen molar-refractivity contribution < 1.29 is 9.28 Å². The third kappa shape index (κ3) is 2.35. The van der Waals surface area contributed by atoms with Crippen LogP contribution in [0, 0.1) is 11.8 Å². The summed E-state index contributed by atoms with van der Waals surface area (Å²) >= 11 is 0. The van der Waals surface area contributed by atoms with E-state index >= 15 is 0 Å². The van der Waals surface area contributed by atoms with Gasteiger partial charge in [-0.05, 0) is 13.8 Å². The van der Waals surface area contributed by atoms with Gasteiger partial charge in [0.1, 0.15) is 23.8 Å². The molecule has 0 saturated carbocycles. The fourth-order valence-electron chi connectivity index (χ4n) is 2.99. The molecule has 2 rings (SSSR count). The first-order valence-corrected chi connectivity index (χ1v) is 7.53. The molecule has 1 amide bonds. The molecule has 21 heavy (non-hydrogen) atoms. The maximum absolute atomic E-state index is 13.1. The number of rotatable bonds is 3. The van der Waals surface area contributed by atoms with Crippen molar-refractivity contribution in [3.05, 3.63) is 30.1 Å². The van der Waals surface area contributed by atoms with Crippen molar-refractivity contribution in [2.24, 2.45) is 16.8 Å². The summed E-state index contributed by atoms with van der Waals surface area (Å²) in [5.41, 5.74) is 2.13. The molecule has 0 aliphatic carbocycles. The third-order valence-corrected chi connectivity index (χ3v) is 3.99. The number of amides is 1. The van der Waals surface area contributed by atoms with Crippen molar-refractivity contribution in [3.8, 4) is 0 Å². The Morgan fingerprint density at radius 1 is 1.14 bits per heavy atom. The Hall–Kier alpha value is -1.75. The first-order chi connectivity index (χ1) is 9.82. The second kappa shape index (κ2) is 5.56.